The molecule has 0 aliphatic carbocycles. The quantitative estimate of drug-likeness (QED) is 0.866. The van der Waals surface area contributed by atoms with E-state index in [0.29, 0.717) is 11.6 Å². The Bertz CT molecular complexity index is 644. The second kappa shape index (κ2) is 4.56. The van der Waals surface area contributed by atoms with Crippen LogP contribution in [0.4, 0.5) is 0 Å². The lowest BCUT2D eigenvalue weighted by molar-refractivity contribution is 0.0617. The van der Waals surface area contributed by atoms with Gasteiger partial charge in [-0.05, 0) is 37.9 Å². The molecule has 3 aliphatic heterocycles. The summed E-state index contributed by atoms with van der Waals surface area (Å²) in [5.41, 5.74) is 1.36. The minimum absolute atomic E-state index is 0.0764. The molecule has 0 aromatic carbocycles. The van der Waals surface area contributed by atoms with Gasteiger partial charge in [0, 0.05) is 12.6 Å². The highest BCUT2D eigenvalue weighted by atomic mass is 16.2. The third kappa shape index (κ3) is 1.96. The average molecular weight is 271 g/mol. The van der Waals surface area contributed by atoms with Gasteiger partial charge >= 0.3 is 0 Å². The summed E-state index contributed by atoms with van der Waals surface area (Å²) >= 11 is 0. The number of rotatable bonds is 2. The van der Waals surface area contributed by atoms with Gasteiger partial charge in [-0.1, -0.05) is 0 Å². The van der Waals surface area contributed by atoms with Gasteiger partial charge < -0.3 is 10.2 Å². The molecule has 5 rings (SSSR count). The molecule has 1 unspecified atom stereocenters. The number of piperidine rings is 3. The van der Waals surface area contributed by atoms with Gasteiger partial charge in [0.2, 0.25) is 0 Å². The van der Waals surface area contributed by atoms with Crippen molar-refractivity contribution >= 4 is 11.4 Å². The molecule has 2 aromatic rings. The molecule has 5 heterocycles. The number of hydrogen-bond acceptors (Lipinski definition) is 4. The molecule has 0 saturated carbocycles. The predicted octanol–water partition coefficient (Wildman–Crippen LogP) is 0.553. The Balaban J connectivity index is 1.52. The molecule has 1 atom stereocenters. The Hall–Kier alpha value is -1.95. The van der Waals surface area contributed by atoms with Crippen LogP contribution in [0, 0.1) is 5.92 Å². The summed E-state index contributed by atoms with van der Waals surface area (Å²) in [5.74, 6) is 0.551. The zero-order valence-electron chi connectivity index (χ0n) is 11.2. The molecule has 1 amide bonds. The van der Waals surface area contributed by atoms with E-state index in [1.165, 1.54) is 25.9 Å². The van der Waals surface area contributed by atoms with Gasteiger partial charge in [-0.2, -0.15) is 0 Å². The Morgan fingerprint density at radius 2 is 2.15 bits per heavy atom. The summed E-state index contributed by atoms with van der Waals surface area (Å²) < 4.78 is 1.80. The number of imidazole rings is 1. The Morgan fingerprint density at radius 3 is 2.90 bits per heavy atom. The highest BCUT2D eigenvalue weighted by Crippen LogP contribution is 2.27. The lowest BCUT2D eigenvalue weighted by atomic mass is 9.84. The molecular formula is C14H17N5O. The van der Waals surface area contributed by atoms with E-state index in [0.717, 1.165) is 12.1 Å². The van der Waals surface area contributed by atoms with Crippen LogP contribution in [0.15, 0.2) is 24.9 Å². The fourth-order valence-corrected chi connectivity index (χ4v) is 3.32. The number of amides is 1. The van der Waals surface area contributed by atoms with E-state index in [-0.39, 0.29) is 11.9 Å². The first-order chi connectivity index (χ1) is 9.79. The van der Waals surface area contributed by atoms with Crippen molar-refractivity contribution in [3.05, 3.63) is 30.6 Å². The summed E-state index contributed by atoms with van der Waals surface area (Å²) in [6.07, 6.45) is 7.43. The first kappa shape index (κ1) is 11.8. The molecule has 6 heteroatoms. The van der Waals surface area contributed by atoms with E-state index in [4.69, 9.17) is 0 Å². The molecule has 2 bridgehead atoms. The third-order valence-corrected chi connectivity index (χ3v) is 4.51. The topological polar surface area (TPSA) is 62.5 Å². The lowest BCUT2D eigenvalue weighted by Crippen LogP contribution is -2.57. The molecule has 3 fully saturated rings. The van der Waals surface area contributed by atoms with Gasteiger partial charge in [-0.25, -0.2) is 9.97 Å². The van der Waals surface area contributed by atoms with Crippen LogP contribution >= 0.6 is 0 Å². The highest BCUT2D eigenvalue weighted by Gasteiger charge is 2.35. The Morgan fingerprint density at radius 1 is 1.30 bits per heavy atom. The normalized spacial score (nSPS) is 28.7. The van der Waals surface area contributed by atoms with E-state index < -0.39 is 0 Å². The molecule has 2 aromatic heterocycles. The molecule has 6 nitrogen and oxygen atoms in total. The summed E-state index contributed by atoms with van der Waals surface area (Å²) in [6, 6.07) is 2.05. The first-order valence-corrected chi connectivity index (χ1v) is 7.10. The van der Waals surface area contributed by atoms with E-state index in [9.17, 15) is 4.79 Å². The SMILES string of the molecule is O=C(NC1CN2CCC1CC2)c1cc2cncn2cn1. The van der Waals surface area contributed by atoms with Crippen molar-refractivity contribution in [2.24, 2.45) is 5.92 Å². The Labute approximate surface area is 116 Å². The third-order valence-electron chi connectivity index (χ3n) is 4.51. The van der Waals surface area contributed by atoms with Crippen LogP contribution in [0.25, 0.3) is 5.52 Å². The minimum Gasteiger partial charge on any atom is -0.346 e. The van der Waals surface area contributed by atoms with Crippen LogP contribution in [-0.2, 0) is 0 Å². The monoisotopic (exact) mass is 271 g/mol. The summed E-state index contributed by atoms with van der Waals surface area (Å²) in [7, 11) is 0. The number of aromatic nitrogens is 3. The second-order valence-electron chi connectivity index (χ2n) is 5.72. The van der Waals surface area contributed by atoms with Crippen molar-refractivity contribution < 1.29 is 4.79 Å². The molecule has 3 aliphatic rings. The zero-order valence-corrected chi connectivity index (χ0v) is 11.2. The fraction of sp³-hybridized carbons (Fsp3) is 0.500. The number of carbonyl (C=O) groups is 1. The van der Waals surface area contributed by atoms with Crippen molar-refractivity contribution in [2.45, 2.75) is 18.9 Å². The maximum atomic E-state index is 12.3. The number of fused-ring (bicyclic) bond motifs is 4. The van der Waals surface area contributed by atoms with Crippen molar-refractivity contribution in [3.63, 3.8) is 0 Å². The average Bonchev–Trinajstić information content (AvgIpc) is 2.96. The van der Waals surface area contributed by atoms with Gasteiger partial charge in [-0.3, -0.25) is 9.20 Å². The molecular weight excluding hydrogens is 254 g/mol. The lowest BCUT2D eigenvalue weighted by Gasteiger charge is -2.44. The molecule has 20 heavy (non-hydrogen) atoms. The van der Waals surface area contributed by atoms with E-state index >= 15 is 0 Å². The summed E-state index contributed by atoms with van der Waals surface area (Å²) in [5, 5.41) is 3.15. The first-order valence-electron chi connectivity index (χ1n) is 7.10. The van der Waals surface area contributed by atoms with E-state index in [2.05, 4.69) is 20.2 Å². The molecule has 1 N–H and O–H groups in total. The Kier molecular flexibility index (Phi) is 2.70. The van der Waals surface area contributed by atoms with Gasteiger partial charge in [0.15, 0.2) is 0 Å². The van der Waals surface area contributed by atoms with E-state index in [1.54, 1.807) is 29.3 Å². The zero-order chi connectivity index (χ0) is 13.5. The van der Waals surface area contributed by atoms with Crippen LogP contribution in [-0.4, -0.2) is 50.9 Å². The summed E-state index contributed by atoms with van der Waals surface area (Å²) in [4.78, 5) is 23.0. The largest absolute Gasteiger partial charge is 0.346 e. The van der Waals surface area contributed by atoms with Crippen LogP contribution in [0.1, 0.15) is 23.3 Å². The number of nitrogens with zero attached hydrogens (tertiary/aromatic N) is 4. The van der Waals surface area contributed by atoms with Crippen LogP contribution in [0.3, 0.4) is 0 Å². The number of hydrogen-bond donors (Lipinski definition) is 1. The van der Waals surface area contributed by atoms with Crippen LogP contribution in [0.5, 0.6) is 0 Å². The molecule has 0 radical (unpaired) electrons. The molecule has 104 valence electrons. The van der Waals surface area contributed by atoms with Crippen molar-refractivity contribution in [2.75, 3.05) is 19.6 Å². The van der Waals surface area contributed by atoms with Crippen LogP contribution in [0.2, 0.25) is 0 Å². The minimum atomic E-state index is -0.0764. The van der Waals surface area contributed by atoms with Gasteiger partial charge in [0.05, 0.1) is 11.7 Å². The van der Waals surface area contributed by atoms with E-state index in [1.807, 2.05) is 0 Å². The van der Waals surface area contributed by atoms with Gasteiger partial charge in [0.25, 0.3) is 5.91 Å². The second-order valence-corrected chi connectivity index (χ2v) is 5.72. The van der Waals surface area contributed by atoms with Crippen molar-refractivity contribution in [1.82, 2.24) is 24.6 Å². The fourth-order valence-electron chi connectivity index (χ4n) is 3.32. The maximum absolute atomic E-state index is 12.3. The van der Waals surface area contributed by atoms with Crippen molar-refractivity contribution in [1.29, 1.82) is 0 Å². The smallest absolute Gasteiger partial charge is 0.270 e. The maximum Gasteiger partial charge on any atom is 0.270 e. The highest BCUT2D eigenvalue weighted by molar-refractivity contribution is 5.93. The predicted molar refractivity (Wildman–Crippen MR) is 73.4 cm³/mol. The molecule has 3 saturated heterocycles. The molecule has 0 spiro atoms. The van der Waals surface area contributed by atoms with Gasteiger partial charge in [0.1, 0.15) is 18.3 Å². The number of nitrogens with one attached hydrogen (secondary N) is 1. The standard InChI is InChI=1S/C14H17N5O/c20-14(12-5-11-6-15-8-19(11)9-16-12)17-13-7-18-3-1-10(13)2-4-18/h5-6,8-10,13H,1-4,7H2,(H,17,20). The number of carbonyl (C=O) groups excluding carboxylic acids is 1. The van der Waals surface area contributed by atoms with Crippen LogP contribution < -0.4 is 5.32 Å². The van der Waals surface area contributed by atoms with Gasteiger partial charge in [-0.15, -0.1) is 0 Å². The van der Waals surface area contributed by atoms with Crippen molar-refractivity contribution in [3.8, 4) is 0 Å². The summed E-state index contributed by atoms with van der Waals surface area (Å²) in [6.45, 7) is 3.33.